The fraction of sp³-hybridized carbons (Fsp3) is 0.231. The van der Waals surface area contributed by atoms with Crippen LogP contribution in [-0.4, -0.2) is 36.0 Å². The molecule has 1 aliphatic rings. The van der Waals surface area contributed by atoms with Gasteiger partial charge in [-0.25, -0.2) is 9.78 Å². The zero-order valence-electron chi connectivity index (χ0n) is 11.0. The molecule has 1 aromatic heterocycles. The lowest BCUT2D eigenvalue weighted by atomic mass is 9.98. The third-order valence-corrected chi connectivity index (χ3v) is 5.22. The molecule has 21 heavy (non-hydrogen) atoms. The molecule has 2 heterocycles. The number of H-pyrrole nitrogens is 1. The number of carboxylic acids is 1. The number of nitrogens with zero attached hydrogens (tertiary/aromatic N) is 2. The van der Waals surface area contributed by atoms with E-state index in [-0.39, 0.29) is 10.6 Å². The number of aromatic nitrogens is 2. The molecular weight excluding hydrogens is 294 g/mol. The second kappa shape index (κ2) is 4.88. The number of sulfonamides is 1. The molecule has 110 valence electrons. The van der Waals surface area contributed by atoms with E-state index < -0.39 is 16.0 Å². The van der Waals surface area contributed by atoms with E-state index in [1.165, 1.54) is 22.9 Å². The molecule has 0 atom stereocenters. The highest BCUT2D eigenvalue weighted by molar-refractivity contribution is 7.92. The minimum Gasteiger partial charge on any atom is -0.478 e. The lowest BCUT2D eigenvalue weighted by molar-refractivity contribution is 0.0695. The van der Waals surface area contributed by atoms with Gasteiger partial charge < -0.3 is 10.1 Å². The Labute approximate surface area is 121 Å². The van der Waals surface area contributed by atoms with E-state index in [0.29, 0.717) is 30.6 Å². The maximum Gasteiger partial charge on any atom is 0.336 e. The highest BCUT2D eigenvalue weighted by Gasteiger charge is 2.31. The van der Waals surface area contributed by atoms with Gasteiger partial charge in [0.1, 0.15) is 0 Å². The van der Waals surface area contributed by atoms with Crippen molar-refractivity contribution in [1.29, 1.82) is 0 Å². The van der Waals surface area contributed by atoms with E-state index in [4.69, 9.17) is 0 Å². The summed E-state index contributed by atoms with van der Waals surface area (Å²) < 4.78 is 26.4. The number of anilines is 1. The molecule has 2 aromatic rings. The summed E-state index contributed by atoms with van der Waals surface area (Å²) >= 11 is 0. The monoisotopic (exact) mass is 307 g/mol. The third-order valence-electron chi connectivity index (χ3n) is 3.48. The Morgan fingerprint density at radius 2 is 2.19 bits per heavy atom. The standard InChI is InChI=1S/C13H13N3O4S/c17-13(18)10-3-1-5-11-9(10)4-2-6-16(11)21(19,20)12-7-14-8-15-12/h1,3,5,7-8H,2,4,6H2,(H,14,15)(H,17,18). The number of carboxylic acid groups (broad SMARTS) is 1. The van der Waals surface area contributed by atoms with Gasteiger partial charge in [0.25, 0.3) is 10.0 Å². The van der Waals surface area contributed by atoms with Crippen LogP contribution in [0.15, 0.2) is 35.7 Å². The molecule has 1 aliphatic heterocycles. The van der Waals surface area contributed by atoms with Gasteiger partial charge in [-0.3, -0.25) is 4.31 Å². The fourth-order valence-corrected chi connectivity index (χ4v) is 3.98. The van der Waals surface area contributed by atoms with Crippen molar-refractivity contribution in [2.24, 2.45) is 0 Å². The number of hydrogen-bond donors (Lipinski definition) is 2. The second-order valence-electron chi connectivity index (χ2n) is 4.70. The molecule has 0 spiro atoms. The SMILES string of the molecule is O=C(O)c1cccc2c1CCCN2S(=O)(=O)c1cnc[nH]1. The molecule has 0 bridgehead atoms. The fourth-order valence-electron chi connectivity index (χ4n) is 2.54. The predicted octanol–water partition coefficient (Wildman–Crippen LogP) is 1.25. The number of carbonyl (C=O) groups is 1. The molecule has 0 unspecified atom stereocenters. The Morgan fingerprint density at radius 1 is 1.38 bits per heavy atom. The first-order valence-corrected chi connectivity index (χ1v) is 7.82. The Hall–Kier alpha value is -2.35. The molecular formula is C13H13N3O4S. The van der Waals surface area contributed by atoms with Crippen molar-refractivity contribution in [2.75, 3.05) is 10.8 Å². The Balaban J connectivity index is 2.14. The number of benzene rings is 1. The van der Waals surface area contributed by atoms with E-state index in [1.807, 2.05) is 0 Å². The van der Waals surface area contributed by atoms with Gasteiger partial charge in [0.2, 0.25) is 0 Å². The van der Waals surface area contributed by atoms with E-state index in [0.717, 1.165) is 0 Å². The van der Waals surface area contributed by atoms with E-state index in [1.54, 1.807) is 12.1 Å². The van der Waals surface area contributed by atoms with E-state index in [2.05, 4.69) is 9.97 Å². The summed E-state index contributed by atoms with van der Waals surface area (Å²) in [6.45, 7) is 0.317. The summed E-state index contributed by atoms with van der Waals surface area (Å²) in [6.07, 6.45) is 3.66. The number of rotatable bonds is 3. The lowest BCUT2D eigenvalue weighted by Gasteiger charge is -2.30. The van der Waals surface area contributed by atoms with Gasteiger partial charge >= 0.3 is 5.97 Å². The highest BCUT2D eigenvalue weighted by Crippen LogP contribution is 2.33. The van der Waals surface area contributed by atoms with Gasteiger partial charge in [-0.1, -0.05) is 6.07 Å². The molecule has 0 fully saturated rings. The Kier molecular flexibility index (Phi) is 3.17. The predicted molar refractivity (Wildman–Crippen MR) is 74.8 cm³/mol. The maximum atomic E-state index is 12.6. The number of aromatic amines is 1. The normalized spacial score (nSPS) is 14.8. The van der Waals surface area contributed by atoms with Crippen molar-refractivity contribution >= 4 is 21.7 Å². The summed E-state index contributed by atoms with van der Waals surface area (Å²) in [7, 11) is -3.75. The van der Waals surface area contributed by atoms with Crippen LogP contribution in [0, 0.1) is 0 Å². The van der Waals surface area contributed by atoms with Gasteiger partial charge in [0.15, 0.2) is 5.03 Å². The first kappa shape index (κ1) is 13.6. The minimum atomic E-state index is -3.75. The van der Waals surface area contributed by atoms with Crippen molar-refractivity contribution in [2.45, 2.75) is 17.9 Å². The van der Waals surface area contributed by atoms with Gasteiger partial charge in [0, 0.05) is 6.54 Å². The largest absolute Gasteiger partial charge is 0.478 e. The van der Waals surface area contributed by atoms with Crippen molar-refractivity contribution < 1.29 is 18.3 Å². The molecule has 0 aliphatic carbocycles. The summed E-state index contributed by atoms with van der Waals surface area (Å²) in [5.74, 6) is -1.05. The van der Waals surface area contributed by atoms with Crippen LogP contribution in [0.25, 0.3) is 0 Å². The Bertz CT molecular complexity index is 784. The summed E-state index contributed by atoms with van der Waals surface area (Å²) in [5.41, 5.74) is 1.13. The second-order valence-corrected chi connectivity index (χ2v) is 6.54. The zero-order chi connectivity index (χ0) is 15.0. The summed E-state index contributed by atoms with van der Waals surface area (Å²) in [6, 6.07) is 4.69. The third kappa shape index (κ3) is 2.17. The molecule has 0 radical (unpaired) electrons. The van der Waals surface area contributed by atoms with Crippen LogP contribution in [0.2, 0.25) is 0 Å². The molecule has 8 heteroatoms. The van der Waals surface area contributed by atoms with Crippen LogP contribution in [0.5, 0.6) is 0 Å². The number of nitrogens with one attached hydrogen (secondary N) is 1. The average molecular weight is 307 g/mol. The molecule has 7 nitrogen and oxygen atoms in total. The van der Waals surface area contributed by atoms with E-state index >= 15 is 0 Å². The molecule has 0 saturated carbocycles. The van der Waals surface area contributed by atoms with Crippen LogP contribution in [0.3, 0.4) is 0 Å². The van der Waals surface area contributed by atoms with Crippen molar-refractivity contribution in [3.63, 3.8) is 0 Å². The van der Waals surface area contributed by atoms with Crippen LogP contribution >= 0.6 is 0 Å². The number of aromatic carboxylic acids is 1. The number of fused-ring (bicyclic) bond motifs is 1. The van der Waals surface area contributed by atoms with Crippen LogP contribution in [-0.2, 0) is 16.4 Å². The molecule has 0 saturated heterocycles. The maximum absolute atomic E-state index is 12.6. The topological polar surface area (TPSA) is 103 Å². The summed E-state index contributed by atoms with van der Waals surface area (Å²) in [4.78, 5) is 17.6. The van der Waals surface area contributed by atoms with Crippen LogP contribution < -0.4 is 4.31 Å². The van der Waals surface area contributed by atoms with Gasteiger partial charge in [0.05, 0.1) is 23.8 Å². The van der Waals surface area contributed by atoms with Crippen LogP contribution in [0.4, 0.5) is 5.69 Å². The Morgan fingerprint density at radius 3 is 2.86 bits per heavy atom. The first-order valence-electron chi connectivity index (χ1n) is 6.38. The number of hydrogen-bond acceptors (Lipinski definition) is 4. The van der Waals surface area contributed by atoms with Gasteiger partial charge in [-0.15, -0.1) is 0 Å². The number of imidazole rings is 1. The van der Waals surface area contributed by atoms with E-state index in [9.17, 15) is 18.3 Å². The van der Waals surface area contributed by atoms with Crippen molar-refractivity contribution in [1.82, 2.24) is 9.97 Å². The smallest absolute Gasteiger partial charge is 0.336 e. The molecule has 2 N–H and O–H groups in total. The first-order chi connectivity index (χ1) is 10.0. The average Bonchev–Trinajstić information content (AvgIpc) is 3.00. The van der Waals surface area contributed by atoms with Gasteiger partial charge in [-0.05, 0) is 30.5 Å². The zero-order valence-corrected chi connectivity index (χ0v) is 11.8. The lowest BCUT2D eigenvalue weighted by Crippen LogP contribution is -2.36. The molecule has 0 amide bonds. The minimum absolute atomic E-state index is 0.00363. The van der Waals surface area contributed by atoms with Crippen molar-refractivity contribution in [3.05, 3.63) is 41.9 Å². The van der Waals surface area contributed by atoms with Crippen LogP contribution in [0.1, 0.15) is 22.3 Å². The summed E-state index contributed by atoms with van der Waals surface area (Å²) in [5, 5.41) is 9.23. The van der Waals surface area contributed by atoms with Crippen molar-refractivity contribution in [3.8, 4) is 0 Å². The quantitative estimate of drug-likeness (QED) is 0.888. The molecule has 1 aromatic carbocycles. The van der Waals surface area contributed by atoms with Gasteiger partial charge in [-0.2, -0.15) is 8.42 Å². The molecule has 3 rings (SSSR count). The highest BCUT2D eigenvalue weighted by atomic mass is 32.2.